The summed E-state index contributed by atoms with van der Waals surface area (Å²) in [5.41, 5.74) is 1.84. The molecule has 4 rings (SSSR count). The molecule has 0 atom stereocenters. The standard InChI is InChI=1S/C21H15N3O2S/c1-2-26-21(25)15-7-8-23-20(10-15)24-12-16(11-22)17(13-24)19-9-14-5-3-4-6-18(14)27-19/h3-10,12-13H,2H2,1H3. The van der Waals surface area contributed by atoms with Crippen LogP contribution in [-0.4, -0.2) is 22.1 Å². The van der Waals surface area contributed by atoms with Gasteiger partial charge in [0.25, 0.3) is 0 Å². The lowest BCUT2D eigenvalue weighted by Crippen LogP contribution is -2.06. The van der Waals surface area contributed by atoms with E-state index >= 15 is 0 Å². The topological polar surface area (TPSA) is 67.9 Å². The second-order valence-electron chi connectivity index (χ2n) is 5.88. The van der Waals surface area contributed by atoms with E-state index in [2.05, 4.69) is 29.3 Å². The Morgan fingerprint density at radius 1 is 1.26 bits per heavy atom. The molecule has 0 unspecified atom stereocenters. The lowest BCUT2D eigenvalue weighted by Gasteiger charge is -2.05. The van der Waals surface area contributed by atoms with Crippen LogP contribution in [0.15, 0.2) is 61.1 Å². The molecular formula is C21H15N3O2S. The fraction of sp³-hybridized carbons (Fsp3) is 0.0952. The average molecular weight is 373 g/mol. The summed E-state index contributed by atoms with van der Waals surface area (Å²) < 4.78 is 7.98. The number of ether oxygens (including phenoxy) is 1. The van der Waals surface area contributed by atoms with Crippen LogP contribution >= 0.6 is 11.3 Å². The summed E-state index contributed by atoms with van der Waals surface area (Å²) >= 11 is 1.64. The molecule has 0 aliphatic heterocycles. The molecule has 1 aromatic carbocycles. The van der Waals surface area contributed by atoms with Crippen LogP contribution in [0.3, 0.4) is 0 Å². The largest absolute Gasteiger partial charge is 0.462 e. The Kier molecular flexibility index (Phi) is 4.45. The van der Waals surface area contributed by atoms with E-state index in [9.17, 15) is 10.1 Å². The minimum absolute atomic E-state index is 0.314. The van der Waals surface area contributed by atoms with Crippen LogP contribution < -0.4 is 0 Å². The highest BCUT2D eigenvalue weighted by molar-refractivity contribution is 7.22. The Morgan fingerprint density at radius 2 is 2.11 bits per heavy atom. The van der Waals surface area contributed by atoms with Crippen molar-refractivity contribution in [3.63, 3.8) is 0 Å². The van der Waals surface area contributed by atoms with Gasteiger partial charge in [-0.1, -0.05) is 18.2 Å². The molecule has 3 aromatic heterocycles. The zero-order valence-electron chi connectivity index (χ0n) is 14.5. The van der Waals surface area contributed by atoms with Gasteiger partial charge in [0.1, 0.15) is 11.9 Å². The van der Waals surface area contributed by atoms with E-state index in [0.717, 1.165) is 15.8 Å². The molecule has 132 valence electrons. The number of pyridine rings is 1. The van der Waals surface area contributed by atoms with E-state index in [4.69, 9.17) is 4.74 Å². The SMILES string of the molecule is CCOC(=O)c1ccnc(-n2cc(C#N)c(-c3cc4ccccc4s3)c2)c1. The number of nitrogens with zero attached hydrogens (tertiary/aromatic N) is 3. The molecule has 0 bridgehead atoms. The maximum absolute atomic E-state index is 12.0. The Labute approximate surface area is 160 Å². The minimum atomic E-state index is -0.390. The van der Waals surface area contributed by atoms with Gasteiger partial charge < -0.3 is 9.30 Å². The molecule has 0 amide bonds. The molecule has 0 spiro atoms. The first-order chi connectivity index (χ1) is 13.2. The Morgan fingerprint density at radius 3 is 2.89 bits per heavy atom. The van der Waals surface area contributed by atoms with Crippen LogP contribution in [0.5, 0.6) is 0 Å². The van der Waals surface area contributed by atoms with E-state index in [1.807, 2.05) is 18.3 Å². The third-order valence-corrected chi connectivity index (χ3v) is 5.31. The van der Waals surface area contributed by atoms with Gasteiger partial charge in [0.05, 0.1) is 17.7 Å². The smallest absolute Gasteiger partial charge is 0.338 e. The Balaban J connectivity index is 1.77. The molecule has 6 heteroatoms. The Bertz CT molecular complexity index is 1150. The van der Waals surface area contributed by atoms with E-state index in [1.165, 1.54) is 4.70 Å². The van der Waals surface area contributed by atoms with Gasteiger partial charge in [0.15, 0.2) is 0 Å². The highest BCUT2D eigenvalue weighted by Gasteiger charge is 2.14. The Hall–Kier alpha value is -3.43. The minimum Gasteiger partial charge on any atom is -0.462 e. The lowest BCUT2D eigenvalue weighted by molar-refractivity contribution is 0.0526. The molecule has 27 heavy (non-hydrogen) atoms. The van der Waals surface area contributed by atoms with Crippen molar-refractivity contribution in [1.82, 2.24) is 9.55 Å². The normalized spacial score (nSPS) is 10.7. The van der Waals surface area contributed by atoms with Gasteiger partial charge >= 0.3 is 5.97 Å². The van der Waals surface area contributed by atoms with Gasteiger partial charge in [0.2, 0.25) is 0 Å². The number of rotatable bonds is 4. The summed E-state index contributed by atoms with van der Waals surface area (Å²) in [6.07, 6.45) is 5.17. The van der Waals surface area contributed by atoms with E-state index in [-0.39, 0.29) is 0 Å². The van der Waals surface area contributed by atoms with Gasteiger partial charge in [-0.2, -0.15) is 5.26 Å². The number of thiophene rings is 1. The van der Waals surface area contributed by atoms with Crippen molar-refractivity contribution in [2.45, 2.75) is 6.92 Å². The number of benzene rings is 1. The molecule has 0 radical (unpaired) electrons. The lowest BCUT2D eigenvalue weighted by atomic mass is 10.1. The monoisotopic (exact) mass is 373 g/mol. The third kappa shape index (κ3) is 3.21. The van der Waals surface area contributed by atoms with Gasteiger partial charge in [0, 0.05) is 33.7 Å². The molecule has 0 saturated carbocycles. The van der Waals surface area contributed by atoms with Gasteiger partial charge in [-0.3, -0.25) is 0 Å². The molecule has 3 heterocycles. The molecule has 0 aliphatic carbocycles. The average Bonchev–Trinajstić information content (AvgIpc) is 3.32. The first-order valence-electron chi connectivity index (χ1n) is 8.44. The third-order valence-electron chi connectivity index (χ3n) is 4.16. The fourth-order valence-corrected chi connectivity index (χ4v) is 3.97. The summed E-state index contributed by atoms with van der Waals surface area (Å²) in [6.45, 7) is 2.08. The number of fused-ring (bicyclic) bond motifs is 1. The number of carbonyl (C=O) groups excluding carboxylic acids is 1. The van der Waals surface area contributed by atoms with Crippen LogP contribution in [0.2, 0.25) is 0 Å². The molecule has 0 saturated heterocycles. The number of hydrogen-bond acceptors (Lipinski definition) is 5. The van der Waals surface area contributed by atoms with E-state index in [1.54, 1.807) is 47.4 Å². The van der Waals surface area contributed by atoms with Crippen molar-refractivity contribution in [3.8, 4) is 22.3 Å². The predicted octanol–water partition coefficient (Wildman–Crippen LogP) is 4.80. The highest BCUT2D eigenvalue weighted by atomic mass is 32.1. The summed E-state index contributed by atoms with van der Waals surface area (Å²) in [7, 11) is 0. The first-order valence-corrected chi connectivity index (χ1v) is 9.26. The van der Waals surface area contributed by atoms with E-state index < -0.39 is 5.97 Å². The molecule has 4 aromatic rings. The fourth-order valence-electron chi connectivity index (χ4n) is 2.89. The summed E-state index contributed by atoms with van der Waals surface area (Å²) in [6, 6.07) is 15.7. The predicted molar refractivity (Wildman–Crippen MR) is 105 cm³/mol. The van der Waals surface area contributed by atoms with Crippen molar-refractivity contribution in [1.29, 1.82) is 5.26 Å². The maximum atomic E-state index is 12.0. The zero-order chi connectivity index (χ0) is 18.8. The van der Waals surface area contributed by atoms with Gasteiger partial charge in [-0.25, -0.2) is 9.78 Å². The second kappa shape index (κ2) is 7.06. The van der Waals surface area contributed by atoms with Crippen LogP contribution in [-0.2, 0) is 4.74 Å². The van der Waals surface area contributed by atoms with Crippen LogP contribution in [0.4, 0.5) is 0 Å². The van der Waals surface area contributed by atoms with Crippen molar-refractivity contribution in [2.75, 3.05) is 6.61 Å². The van der Waals surface area contributed by atoms with Crippen molar-refractivity contribution in [2.24, 2.45) is 0 Å². The van der Waals surface area contributed by atoms with E-state index in [0.29, 0.717) is 23.6 Å². The zero-order valence-corrected chi connectivity index (χ0v) is 15.4. The summed E-state index contributed by atoms with van der Waals surface area (Å²) in [5, 5.41) is 10.7. The second-order valence-corrected chi connectivity index (χ2v) is 6.96. The number of nitriles is 1. The summed E-state index contributed by atoms with van der Waals surface area (Å²) in [4.78, 5) is 17.3. The quantitative estimate of drug-likeness (QED) is 0.482. The highest BCUT2D eigenvalue weighted by Crippen LogP contribution is 2.36. The number of esters is 1. The van der Waals surface area contributed by atoms with Crippen LogP contribution in [0, 0.1) is 11.3 Å². The van der Waals surface area contributed by atoms with Crippen LogP contribution in [0.25, 0.3) is 26.3 Å². The maximum Gasteiger partial charge on any atom is 0.338 e. The van der Waals surface area contributed by atoms with Gasteiger partial charge in [-0.05, 0) is 36.6 Å². The number of hydrogen-bond donors (Lipinski definition) is 0. The molecule has 0 N–H and O–H groups in total. The molecular weight excluding hydrogens is 358 g/mol. The van der Waals surface area contributed by atoms with Gasteiger partial charge in [-0.15, -0.1) is 11.3 Å². The van der Waals surface area contributed by atoms with Crippen molar-refractivity contribution in [3.05, 3.63) is 72.2 Å². The van der Waals surface area contributed by atoms with Crippen molar-refractivity contribution < 1.29 is 9.53 Å². The molecule has 0 fully saturated rings. The first kappa shape index (κ1) is 17.0. The molecule has 5 nitrogen and oxygen atoms in total. The molecule has 0 aliphatic rings. The van der Waals surface area contributed by atoms with Crippen LogP contribution in [0.1, 0.15) is 22.8 Å². The summed E-state index contributed by atoms with van der Waals surface area (Å²) in [5.74, 6) is 0.169. The van der Waals surface area contributed by atoms with Crippen molar-refractivity contribution >= 4 is 27.4 Å². The number of carbonyl (C=O) groups is 1. The number of aromatic nitrogens is 2.